The maximum atomic E-state index is 13.2. The molecule has 1 atom stereocenters. The van der Waals surface area contributed by atoms with Gasteiger partial charge >= 0.3 is 0 Å². The summed E-state index contributed by atoms with van der Waals surface area (Å²) in [5, 5.41) is 1.04. The molecule has 128 valence electrons. The maximum absolute atomic E-state index is 13.2. The normalized spacial score (nSPS) is 16.8. The van der Waals surface area contributed by atoms with E-state index in [1.807, 2.05) is 73.6 Å². The quantitative estimate of drug-likeness (QED) is 0.800. The summed E-state index contributed by atoms with van der Waals surface area (Å²) in [6, 6.07) is 17.5. The van der Waals surface area contributed by atoms with E-state index in [2.05, 4.69) is 9.88 Å². The van der Waals surface area contributed by atoms with E-state index in [0.717, 1.165) is 28.9 Å². The van der Waals surface area contributed by atoms with Gasteiger partial charge in [0.05, 0.1) is 12.2 Å². The van der Waals surface area contributed by atoms with Crippen molar-refractivity contribution in [2.75, 3.05) is 32.1 Å². The number of benzene rings is 2. The smallest absolute Gasteiger partial charge is 0.274 e. The third-order valence-electron chi connectivity index (χ3n) is 4.41. The number of nitrogens with one attached hydrogen (secondary N) is 1. The molecule has 5 heteroatoms. The van der Waals surface area contributed by atoms with E-state index in [9.17, 15) is 4.79 Å². The molecule has 0 saturated heterocycles. The zero-order chi connectivity index (χ0) is 17.4. The van der Waals surface area contributed by atoms with Crippen molar-refractivity contribution in [2.45, 2.75) is 6.10 Å². The zero-order valence-corrected chi connectivity index (χ0v) is 14.4. The highest BCUT2D eigenvalue weighted by atomic mass is 16.5. The minimum atomic E-state index is -0.0572. The first-order valence-electron chi connectivity index (χ1n) is 8.42. The molecule has 0 saturated carbocycles. The Morgan fingerprint density at radius 3 is 2.76 bits per heavy atom. The lowest BCUT2D eigenvalue weighted by molar-refractivity contribution is 0.0937. The monoisotopic (exact) mass is 335 g/mol. The topological polar surface area (TPSA) is 48.6 Å². The molecule has 0 bridgehead atoms. The van der Waals surface area contributed by atoms with Gasteiger partial charge in [-0.15, -0.1) is 0 Å². The second-order valence-electron chi connectivity index (χ2n) is 6.66. The Hall–Kier alpha value is -2.79. The fourth-order valence-electron chi connectivity index (χ4n) is 3.33. The Bertz CT molecular complexity index is 883. The summed E-state index contributed by atoms with van der Waals surface area (Å²) in [5.41, 5.74) is 2.39. The van der Waals surface area contributed by atoms with E-state index in [4.69, 9.17) is 4.74 Å². The molecule has 4 rings (SSSR count). The van der Waals surface area contributed by atoms with Gasteiger partial charge in [-0.05, 0) is 38.4 Å². The number of hydrogen-bond acceptors (Lipinski definition) is 3. The molecule has 25 heavy (non-hydrogen) atoms. The second-order valence-corrected chi connectivity index (χ2v) is 6.66. The first kappa shape index (κ1) is 15.7. The summed E-state index contributed by atoms with van der Waals surface area (Å²) in [6.07, 6.45) is -0.0572. The molecule has 1 aliphatic rings. The number of nitrogens with zero attached hydrogens (tertiary/aromatic N) is 2. The molecular formula is C20H21N3O2. The fourth-order valence-corrected chi connectivity index (χ4v) is 3.33. The average Bonchev–Trinajstić information content (AvgIpc) is 3.04. The third kappa shape index (κ3) is 2.98. The highest BCUT2D eigenvalue weighted by Gasteiger charge is 2.31. The van der Waals surface area contributed by atoms with Crippen molar-refractivity contribution in [1.29, 1.82) is 0 Å². The Morgan fingerprint density at radius 2 is 1.96 bits per heavy atom. The highest BCUT2D eigenvalue weighted by molar-refractivity contribution is 6.08. The molecular weight excluding hydrogens is 314 g/mol. The Morgan fingerprint density at radius 1 is 1.20 bits per heavy atom. The van der Waals surface area contributed by atoms with Crippen LogP contribution < -0.4 is 9.64 Å². The van der Waals surface area contributed by atoms with Crippen molar-refractivity contribution in [1.82, 2.24) is 9.88 Å². The van der Waals surface area contributed by atoms with Crippen LogP contribution >= 0.6 is 0 Å². The van der Waals surface area contributed by atoms with Crippen LogP contribution in [-0.4, -0.2) is 49.1 Å². The van der Waals surface area contributed by atoms with Crippen LogP contribution in [0.25, 0.3) is 10.9 Å². The van der Waals surface area contributed by atoms with Gasteiger partial charge in [0.1, 0.15) is 17.5 Å². The molecule has 0 fully saturated rings. The predicted octanol–water partition coefficient (Wildman–Crippen LogP) is 3.14. The van der Waals surface area contributed by atoms with Crippen molar-refractivity contribution >= 4 is 22.5 Å². The third-order valence-corrected chi connectivity index (χ3v) is 4.41. The van der Waals surface area contributed by atoms with Gasteiger partial charge in [-0.25, -0.2) is 0 Å². The Labute approximate surface area is 146 Å². The average molecular weight is 335 g/mol. The lowest BCUT2D eigenvalue weighted by atomic mass is 10.1. The molecule has 1 aliphatic heterocycles. The van der Waals surface area contributed by atoms with Crippen molar-refractivity contribution in [2.24, 2.45) is 0 Å². The Kier molecular flexibility index (Phi) is 3.93. The van der Waals surface area contributed by atoms with Gasteiger partial charge in [0, 0.05) is 17.4 Å². The zero-order valence-electron chi connectivity index (χ0n) is 14.4. The molecule has 1 N–H and O–H groups in total. The van der Waals surface area contributed by atoms with Crippen molar-refractivity contribution < 1.29 is 9.53 Å². The van der Waals surface area contributed by atoms with Crippen LogP contribution in [0.3, 0.4) is 0 Å². The van der Waals surface area contributed by atoms with Gasteiger partial charge in [-0.2, -0.15) is 0 Å². The number of hydrogen-bond donors (Lipinski definition) is 1. The number of anilines is 1. The number of likely N-dealkylation sites (N-methyl/N-ethyl adjacent to an activating group) is 1. The van der Waals surface area contributed by atoms with Gasteiger partial charge < -0.3 is 14.6 Å². The minimum absolute atomic E-state index is 0.0318. The molecule has 0 aliphatic carbocycles. The SMILES string of the molecule is CN(C)CC1CN(C(=O)c2cc3ccccc3[nH]2)c2ccccc2O1. The van der Waals surface area contributed by atoms with Crippen LogP contribution in [0.4, 0.5) is 5.69 Å². The van der Waals surface area contributed by atoms with Crippen LogP contribution in [0.15, 0.2) is 54.6 Å². The number of para-hydroxylation sites is 3. The first-order chi connectivity index (χ1) is 12.1. The second kappa shape index (κ2) is 6.26. The summed E-state index contributed by atoms with van der Waals surface area (Å²) in [5.74, 6) is 0.723. The molecule has 3 aromatic rings. The van der Waals surface area contributed by atoms with Gasteiger partial charge in [0.25, 0.3) is 5.91 Å². The van der Waals surface area contributed by atoms with Gasteiger partial charge in [-0.1, -0.05) is 30.3 Å². The Balaban J connectivity index is 1.70. The highest BCUT2D eigenvalue weighted by Crippen LogP contribution is 2.34. The largest absolute Gasteiger partial charge is 0.485 e. The van der Waals surface area contributed by atoms with Crippen LogP contribution in [-0.2, 0) is 0 Å². The van der Waals surface area contributed by atoms with Crippen LogP contribution in [0.1, 0.15) is 10.5 Å². The van der Waals surface area contributed by atoms with Gasteiger partial charge in [-0.3, -0.25) is 9.69 Å². The van der Waals surface area contributed by atoms with E-state index in [1.54, 1.807) is 0 Å². The van der Waals surface area contributed by atoms with E-state index in [0.29, 0.717) is 12.2 Å². The van der Waals surface area contributed by atoms with Crippen molar-refractivity contribution in [3.8, 4) is 5.75 Å². The van der Waals surface area contributed by atoms with Crippen molar-refractivity contribution in [3.63, 3.8) is 0 Å². The van der Waals surface area contributed by atoms with E-state index >= 15 is 0 Å². The van der Waals surface area contributed by atoms with Crippen LogP contribution in [0, 0.1) is 0 Å². The number of fused-ring (bicyclic) bond motifs is 2. The van der Waals surface area contributed by atoms with E-state index in [1.165, 1.54) is 0 Å². The number of amides is 1. The lowest BCUT2D eigenvalue weighted by Crippen LogP contribution is -2.47. The number of H-pyrrole nitrogens is 1. The molecule has 5 nitrogen and oxygen atoms in total. The van der Waals surface area contributed by atoms with Crippen LogP contribution in [0.2, 0.25) is 0 Å². The molecule has 0 radical (unpaired) electrons. The van der Waals surface area contributed by atoms with Gasteiger partial charge in [0.2, 0.25) is 0 Å². The summed E-state index contributed by atoms with van der Waals surface area (Å²) < 4.78 is 6.07. The number of carbonyl (C=O) groups is 1. The summed E-state index contributed by atoms with van der Waals surface area (Å²) in [6.45, 7) is 1.29. The van der Waals surface area contributed by atoms with Crippen LogP contribution in [0.5, 0.6) is 5.75 Å². The van der Waals surface area contributed by atoms with E-state index < -0.39 is 0 Å². The van der Waals surface area contributed by atoms with Crippen molar-refractivity contribution in [3.05, 3.63) is 60.3 Å². The summed E-state index contributed by atoms with van der Waals surface area (Å²) in [7, 11) is 4.02. The van der Waals surface area contributed by atoms with Gasteiger partial charge in [0.15, 0.2) is 0 Å². The number of rotatable bonds is 3. The fraction of sp³-hybridized carbons (Fsp3) is 0.250. The number of aromatic amines is 1. The molecule has 1 aromatic heterocycles. The minimum Gasteiger partial charge on any atom is -0.485 e. The number of ether oxygens (including phenoxy) is 1. The predicted molar refractivity (Wildman–Crippen MR) is 99.4 cm³/mol. The standard InChI is InChI=1S/C20H21N3O2/c1-22(2)12-15-13-23(18-9-5-6-10-19(18)25-15)20(24)17-11-14-7-3-4-8-16(14)21-17/h3-11,15,21H,12-13H2,1-2H3. The lowest BCUT2D eigenvalue weighted by Gasteiger charge is -2.35. The number of aromatic nitrogens is 1. The number of carbonyl (C=O) groups excluding carboxylic acids is 1. The molecule has 2 aromatic carbocycles. The molecule has 1 unspecified atom stereocenters. The summed E-state index contributed by atoms with van der Waals surface area (Å²) in [4.78, 5) is 20.3. The molecule has 2 heterocycles. The molecule has 0 spiro atoms. The summed E-state index contributed by atoms with van der Waals surface area (Å²) >= 11 is 0. The molecule has 1 amide bonds. The first-order valence-corrected chi connectivity index (χ1v) is 8.42. The van der Waals surface area contributed by atoms with E-state index in [-0.39, 0.29) is 12.0 Å². The maximum Gasteiger partial charge on any atom is 0.274 e.